The third kappa shape index (κ3) is 3.69. The smallest absolute Gasteiger partial charge is 0.300 e. The van der Waals surface area contributed by atoms with Gasteiger partial charge in [-0.25, -0.2) is 0 Å². The summed E-state index contributed by atoms with van der Waals surface area (Å²) in [6.07, 6.45) is 1.88. The Kier molecular flexibility index (Phi) is 5.94. The SMILES string of the molecule is COc1ccc(/C(O)=C2\C(=O)C(=O)N(c3ccc(Cl)cc3)C2c2cn(C)c3ccccc23)c(OC)c1. The first kappa shape index (κ1) is 23.5. The monoisotopic (exact) mass is 502 g/mol. The highest BCUT2D eigenvalue weighted by molar-refractivity contribution is 6.52. The van der Waals surface area contributed by atoms with Crippen LogP contribution in [-0.2, 0) is 16.6 Å². The minimum Gasteiger partial charge on any atom is -0.507 e. The summed E-state index contributed by atoms with van der Waals surface area (Å²) in [6, 6.07) is 18.4. The molecule has 0 bridgehead atoms. The van der Waals surface area contributed by atoms with Crippen LogP contribution in [-0.4, -0.2) is 35.6 Å². The highest BCUT2D eigenvalue weighted by Crippen LogP contribution is 2.45. The lowest BCUT2D eigenvalue weighted by Gasteiger charge is -2.25. The number of rotatable bonds is 5. The molecule has 2 heterocycles. The molecule has 0 spiro atoms. The molecule has 0 radical (unpaired) electrons. The number of carbonyl (C=O) groups is 2. The van der Waals surface area contributed by atoms with Crippen molar-refractivity contribution in [1.29, 1.82) is 0 Å². The maximum absolute atomic E-state index is 13.5. The molecule has 1 fully saturated rings. The van der Waals surface area contributed by atoms with Crippen LogP contribution in [0.3, 0.4) is 0 Å². The van der Waals surface area contributed by atoms with Crippen LogP contribution in [0.1, 0.15) is 17.2 Å². The minimum atomic E-state index is -0.885. The third-order valence-electron chi connectivity index (χ3n) is 6.44. The number of ether oxygens (including phenoxy) is 2. The highest BCUT2D eigenvalue weighted by atomic mass is 35.5. The number of hydrogen-bond donors (Lipinski definition) is 1. The minimum absolute atomic E-state index is 0.0326. The molecule has 5 rings (SSSR count). The molecule has 1 saturated heterocycles. The molecule has 8 heteroatoms. The van der Waals surface area contributed by atoms with Gasteiger partial charge in [-0.2, -0.15) is 0 Å². The number of para-hydroxylation sites is 1. The first-order valence-electron chi connectivity index (χ1n) is 11.2. The zero-order valence-electron chi connectivity index (χ0n) is 19.9. The molecule has 4 aromatic rings. The average Bonchev–Trinajstić information content (AvgIpc) is 3.37. The molecule has 7 nitrogen and oxygen atoms in total. The second kappa shape index (κ2) is 9.09. The van der Waals surface area contributed by atoms with Crippen LogP contribution in [0.2, 0.25) is 5.02 Å². The fourth-order valence-electron chi connectivity index (χ4n) is 4.72. The van der Waals surface area contributed by atoms with Crippen LogP contribution in [0.5, 0.6) is 11.5 Å². The number of aliphatic hydroxyl groups excluding tert-OH is 1. The molecule has 1 unspecified atom stereocenters. The van der Waals surface area contributed by atoms with Gasteiger partial charge in [0.05, 0.1) is 31.4 Å². The van der Waals surface area contributed by atoms with Crippen molar-refractivity contribution >= 4 is 45.6 Å². The number of aryl methyl sites for hydroxylation is 1. The van der Waals surface area contributed by atoms with Crippen LogP contribution in [0.15, 0.2) is 78.5 Å². The number of aliphatic hydroxyl groups is 1. The average molecular weight is 503 g/mol. The quantitative estimate of drug-likeness (QED) is 0.222. The number of carbonyl (C=O) groups excluding carboxylic acids is 2. The zero-order valence-corrected chi connectivity index (χ0v) is 20.6. The van der Waals surface area contributed by atoms with Crippen molar-refractivity contribution in [1.82, 2.24) is 4.57 Å². The van der Waals surface area contributed by atoms with Crippen LogP contribution < -0.4 is 14.4 Å². The van der Waals surface area contributed by atoms with Gasteiger partial charge in [0, 0.05) is 46.5 Å². The van der Waals surface area contributed by atoms with Gasteiger partial charge < -0.3 is 19.1 Å². The van der Waals surface area contributed by atoms with Crippen molar-refractivity contribution in [2.24, 2.45) is 7.05 Å². The van der Waals surface area contributed by atoms with E-state index in [0.717, 1.165) is 10.9 Å². The van der Waals surface area contributed by atoms with E-state index in [9.17, 15) is 14.7 Å². The molecule has 1 aromatic heterocycles. The predicted octanol–water partition coefficient (Wildman–Crippen LogP) is 5.48. The summed E-state index contributed by atoms with van der Waals surface area (Å²) in [5.41, 5.74) is 2.36. The van der Waals surface area contributed by atoms with Crippen LogP contribution in [0.4, 0.5) is 5.69 Å². The van der Waals surface area contributed by atoms with Crippen molar-refractivity contribution in [2.75, 3.05) is 19.1 Å². The fourth-order valence-corrected chi connectivity index (χ4v) is 4.85. The number of benzene rings is 3. The second-order valence-electron chi connectivity index (χ2n) is 8.42. The first-order chi connectivity index (χ1) is 17.3. The molecule has 1 atom stereocenters. The standard InChI is InChI=1S/C28H23ClN2O5/c1-30-15-21(19-6-4-5-7-22(19)30)25-24(26(32)20-13-12-18(35-2)14-23(20)36-3)27(33)28(34)31(25)17-10-8-16(29)9-11-17/h4-15,25,32H,1-3H3/b26-24+. The maximum Gasteiger partial charge on any atom is 0.300 e. The van der Waals surface area contributed by atoms with E-state index in [2.05, 4.69) is 0 Å². The Bertz CT molecular complexity index is 1540. The van der Waals surface area contributed by atoms with Gasteiger partial charge in [-0.1, -0.05) is 29.8 Å². The Morgan fingerprint density at radius 1 is 0.972 bits per heavy atom. The zero-order chi connectivity index (χ0) is 25.6. The second-order valence-corrected chi connectivity index (χ2v) is 8.86. The number of hydrogen-bond acceptors (Lipinski definition) is 5. The van der Waals surface area contributed by atoms with Crippen LogP contribution in [0.25, 0.3) is 16.7 Å². The van der Waals surface area contributed by atoms with Crippen molar-refractivity contribution in [3.05, 3.63) is 94.6 Å². The summed E-state index contributed by atoms with van der Waals surface area (Å²) in [5, 5.41) is 12.9. The van der Waals surface area contributed by atoms with Crippen molar-refractivity contribution in [2.45, 2.75) is 6.04 Å². The first-order valence-corrected chi connectivity index (χ1v) is 11.6. The number of fused-ring (bicyclic) bond motifs is 1. The molecular formula is C28H23ClN2O5. The van der Waals surface area contributed by atoms with Gasteiger partial charge in [0.1, 0.15) is 17.3 Å². The number of aromatic nitrogens is 1. The van der Waals surface area contributed by atoms with Gasteiger partial charge in [-0.3, -0.25) is 14.5 Å². The van der Waals surface area contributed by atoms with E-state index in [0.29, 0.717) is 27.8 Å². The topological polar surface area (TPSA) is 81.0 Å². The molecule has 1 aliphatic heterocycles. The lowest BCUT2D eigenvalue weighted by Crippen LogP contribution is -2.29. The Hall–Kier alpha value is -4.23. The van der Waals surface area contributed by atoms with E-state index in [1.165, 1.54) is 19.1 Å². The van der Waals surface area contributed by atoms with E-state index in [1.807, 2.05) is 42.1 Å². The Labute approximate surface area is 212 Å². The Balaban J connectivity index is 1.80. The summed E-state index contributed by atoms with van der Waals surface area (Å²) < 4.78 is 12.7. The lowest BCUT2D eigenvalue weighted by molar-refractivity contribution is -0.132. The molecular weight excluding hydrogens is 480 g/mol. The number of anilines is 1. The Morgan fingerprint density at radius 2 is 1.69 bits per heavy atom. The van der Waals surface area contributed by atoms with Gasteiger partial charge in [0.25, 0.3) is 11.7 Å². The molecule has 0 saturated carbocycles. The van der Waals surface area contributed by atoms with E-state index in [-0.39, 0.29) is 16.9 Å². The molecule has 1 N–H and O–H groups in total. The normalized spacial score (nSPS) is 17.1. The molecule has 1 amide bonds. The summed E-state index contributed by atoms with van der Waals surface area (Å²) in [6.45, 7) is 0. The van der Waals surface area contributed by atoms with Crippen molar-refractivity contribution < 1.29 is 24.2 Å². The summed E-state index contributed by atoms with van der Waals surface area (Å²) >= 11 is 6.09. The summed E-state index contributed by atoms with van der Waals surface area (Å²) in [4.78, 5) is 28.4. The van der Waals surface area contributed by atoms with Crippen LogP contribution in [0, 0.1) is 0 Å². The highest BCUT2D eigenvalue weighted by Gasteiger charge is 2.48. The van der Waals surface area contributed by atoms with Gasteiger partial charge in [0.2, 0.25) is 0 Å². The van der Waals surface area contributed by atoms with Crippen molar-refractivity contribution in [3.63, 3.8) is 0 Å². The number of amides is 1. The van der Waals surface area contributed by atoms with Gasteiger partial charge in [-0.05, 0) is 42.5 Å². The van der Waals surface area contributed by atoms with Crippen LogP contribution >= 0.6 is 11.6 Å². The van der Waals surface area contributed by atoms with Gasteiger partial charge in [-0.15, -0.1) is 0 Å². The molecule has 1 aliphatic rings. The molecule has 36 heavy (non-hydrogen) atoms. The van der Waals surface area contributed by atoms with E-state index >= 15 is 0 Å². The van der Waals surface area contributed by atoms with Gasteiger partial charge in [0.15, 0.2) is 0 Å². The van der Waals surface area contributed by atoms with Crippen molar-refractivity contribution in [3.8, 4) is 11.5 Å². The lowest BCUT2D eigenvalue weighted by atomic mass is 9.94. The van der Waals surface area contributed by atoms with E-state index in [4.69, 9.17) is 21.1 Å². The molecule has 182 valence electrons. The molecule has 0 aliphatic carbocycles. The number of ketones is 1. The van der Waals surface area contributed by atoms with Gasteiger partial charge >= 0.3 is 0 Å². The number of nitrogens with zero attached hydrogens (tertiary/aromatic N) is 2. The Morgan fingerprint density at radius 3 is 2.39 bits per heavy atom. The predicted molar refractivity (Wildman–Crippen MR) is 139 cm³/mol. The largest absolute Gasteiger partial charge is 0.507 e. The number of methoxy groups -OCH3 is 2. The summed E-state index contributed by atoms with van der Waals surface area (Å²) in [7, 11) is 4.87. The fraction of sp³-hybridized carbons (Fsp3) is 0.143. The van der Waals surface area contributed by atoms with E-state index < -0.39 is 17.7 Å². The summed E-state index contributed by atoms with van der Waals surface area (Å²) in [5.74, 6) is -1.04. The maximum atomic E-state index is 13.5. The van der Waals surface area contributed by atoms with E-state index in [1.54, 1.807) is 42.5 Å². The third-order valence-corrected chi connectivity index (χ3v) is 6.69. The number of Topliss-reactive ketones (excluding diaryl/α,β-unsaturated/α-hetero) is 1. The molecule has 3 aromatic carbocycles. The number of halogens is 1.